The number of hydrogen-bond acceptors (Lipinski definition) is 5. The number of carbonyl (C=O) groups excluding carboxylic acids is 1. The smallest absolute Gasteiger partial charge is 0.250 e. The second-order valence-corrected chi connectivity index (χ2v) is 8.76. The van der Waals surface area contributed by atoms with Crippen LogP contribution < -0.4 is 15.4 Å². The van der Waals surface area contributed by atoms with Crippen molar-refractivity contribution in [2.45, 2.75) is 24.9 Å². The summed E-state index contributed by atoms with van der Waals surface area (Å²) in [6.45, 7) is 0. The first-order valence-corrected chi connectivity index (χ1v) is 11.5. The van der Waals surface area contributed by atoms with Crippen LogP contribution in [0.3, 0.4) is 0 Å². The second kappa shape index (κ2) is 9.76. The van der Waals surface area contributed by atoms with E-state index in [1.165, 1.54) is 12.1 Å². The van der Waals surface area contributed by atoms with Crippen molar-refractivity contribution in [3.8, 4) is 5.75 Å². The Labute approximate surface area is 206 Å². The molecule has 7 nitrogen and oxygen atoms in total. The van der Waals surface area contributed by atoms with E-state index in [9.17, 15) is 9.18 Å². The van der Waals surface area contributed by atoms with Crippen molar-refractivity contribution in [2.75, 3.05) is 17.7 Å². The van der Waals surface area contributed by atoms with E-state index in [0.717, 1.165) is 22.4 Å². The number of amides is 1. The van der Waals surface area contributed by atoms with E-state index >= 15 is 0 Å². The number of halogens is 2. The van der Waals surface area contributed by atoms with Gasteiger partial charge in [-0.2, -0.15) is 4.98 Å². The van der Waals surface area contributed by atoms with Gasteiger partial charge < -0.3 is 10.1 Å². The predicted molar refractivity (Wildman–Crippen MR) is 132 cm³/mol. The van der Waals surface area contributed by atoms with E-state index in [4.69, 9.17) is 16.3 Å². The van der Waals surface area contributed by atoms with E-state index in [0.29, 0.717) is 17.4 Å². The molecule has 2 atom stereocenters. The number of hydrogen-bond donors (Lipinski definition) is 2. The summed E-state index contributed by atoms with van der Waals surface area (Å²) in [5.41, 5.74) is 2.78. The highest BCUT2D eigenvalue weighted by Gasteiger charge is 2.31. The standard InChI is InChI=1S/C26H23ClFN5O2/c1-35-21-12-2-16(3-13-21)14-24(34)30-25-31-26-29-22(17-4-8-19(27)9-5-17)15-23(33(26)32-25)18-6-10-20(28)11-7-18/h2-13,22-23H,14-15H2,1H3,(H2,29,30,31,32,34)/t22-,23+/m1/s1. The van der Waals surface area contributed by atoms with E-state index in [2.05, 4.69) is 20.7 Å². The number of anilines is 2. The van der Waals surface area contributed by atoms with Gasteiger partial charge in [0, 0.05) is 5.02 Å². The zero-order valence-corrected chi connectivity index (χ0v) is 19.7. The fourth-order valence-corrected chi connectivity index (χ4v) is 4.33. The highest BCUT2D eigenvalue weighted by molar-refractivity contribution is 6.30. The monoisotopic (exact) mass is 491 g/mol. The minimum Gasteiger partial charge on any atom is -0.497 e. The minimum absolute atomic E-state index is 0.0677. The normalized spacial score (nSPS) is 16.8. The molecule has 2 heterocycles. The fraction of sp³-hybridized carbons (Fsp3) is 0.192. The molecule has 0 saturated heterocycles. The van der Waals surface area contributed by atoms with Crippen LogP contribution in [0.2, 0.25) is 5.02 Å². The number of fused-ring (bicyclic) bond motifs is 1. The maximum absolute atomic E-state index is 13.6. The molecule has 0 aliphatic carbocycles. The van der Waals surface area contributed by atoms with Gasteiger partial charge in [-0.3, -0.25) is 10.1 Å². The molecule has 0 bridgehead atoms. The van der Waals surface area contributed by atoms with Gasteiger partial charge in [-0.15, -0.1) is 5.10 Å². The lowest BCUT2D eigenvalue weighted by molar-refractivity contribution is -0.115. The van der Waals surface area contributed by atoms with Gasteiger partial charge in [0.25, 0.3) is 5.95 Å². The van der Waals surface area contributed by atoms with Crippen molar-refractivity contribution in [3.63, 3.8) is 0 Å². The first-order valence-electron chi connectivity index (χ1n) is 11.2. The van der Waals surface area contributed by atoms with Crippen molar-refractivity contribution < 1.29 is 13.9 Å². The largest absolute Gasteiger partial charge is 0.497 e. The van der Waals surface area contributed by atoms with Gasteiger partial charge in [0.15, 0.2) is 0 Å². The lowest BCUT2D eigenvalue weighted by Crippen LogP contribution is -2.28. The summed E-state index contributed by atoms with van der Waals surface area (Å²) in [6.07, 6.45) is 0.832. The van der Waals surface area contributed by atoms with Crippen LogP contribution in [0.25, 0.3) is 0 Å². The van der Waals surface area contributed by atoms with Crippen molar-refractivity contribution in [2.24, 2.45) is 0 Å². The molecule has 178 valence electrons. The molecule has 5 rings (SSSR count). The zero-order valence-electron chi connectivity index (χ0n) is 18.9. The molecule has 0 saturated carbocycles. The molecule has 9 heteroatoms. The van der Waals surface area contributed by atoms with Crippen LogP contribution in [0.1, 0.15) is 35.2 Å². The number of nitrogens with one attached hydrogen (secondary N) is 2. The van der Waals surface area contributed by atoms with Crippen LogP contribution in [0, 0.1) is 5.82 Å². The van der Waals surface area contributed by atoms with Gasteiger partial charge in [0.2, 0.25) is 11.9 Å². The maximum Gasteiger partial charge on any atom is 0.250 e. The SMILES string of the molecule is COc1ccc(CC(=O)Nc2nc3n(n2)[C@H](c2ccc(F)cc2)C[C@H](c2ccc(Cl)cc2)N3)cc1. The average Bonchev–Trinajstić information content (AvgIpc) is 3.27. The average molecular weight is 492 g/mol. The van der Waals surface area contributed by atoms with Gasteiger partial charge in [-0.25, -0.2) is 9.07 Å². The number of benzene rings is 3. The summed E-state index contributed by atoms with van der Waals surface area (Å²) in [6, 6.07) is 21.0. The number of aromatic nitrogens is 3. The van der Waals surface area contributed by atoms with E-state index < -0.39 is 0 Å². The molecule has 1 amide bonds. The zero-order chi connectivity index (χ0) is 24.4. The Hall–Kier alpha value is -3.91. The Morgan fingerprint density at radius 1 is 1.09 bits per heavy atom. The lowest BCUT2D eigenvalue weighted by atomic mass is 9.93. The lowest BCUT2D eigenvalue weighted by Gasteiger charge is -2.31. The number of methoxy groups -OCH3 is 1. The van der Waals surface area contributed by atoms with Crippen molar-refractivity contribution >= 4 is 29.4 Å². The molecule has 4 aromatic rings. The summed E-state index contributed by atoms with van der Waals surface area (Å²) < 4.78 is 20.5. The third kappa shape index (κ3) is 5.12. The van der Waals surface area contributed by atoms with Crippen molar-refractivity contribution in [1.82, 2.24) is 14.8 Å². The Morgan fingerprint density at radius 3 is 2.46 bits per heavy atom. The number of rotatable bonds is 6. The first kappa shape index (κ1) is 22.9. The van der Waals surface area contributed by atoms with E-state index in [-0.39, 0.29) is 36.2 Å². The molecule has 35 heavy (non-hydrogen) atoms. The van der Waals surface area contributed by atoms with Gasteiger partial charge in [0.05, 0.1) is 25.6 Å². The van der Waals surface area contributed by atoms with Crippen LogP contribution in [0.5, 0.6) is 5.75 Å². The van der Waals surface area contributed by atoms with Crippen LogP contribution in [0.4, 0.5) is 16.3 Å². The summed E-state index contributed by atoms with van der Waals surface area (Å²) in [7, 11) is 1.60. The number of carbonyl (C=O) groups is 1. The molecule has 1 aliphatic rings. The summed E-state index contributed by atoms with van der Waals surface area (Å²) >= 11 is 6.07. The summed E-state index contributed by atoms with van der Waals surface area (Å²) in [5, 5.41) is 11.4. The molecule has 0 spiro atoms. The van der Waals surface area contributed by atoms with Crippen LogP contribution in [-0.4, -0.2) is 27.8 Å². The highest BCUT2D eigenvalue weighted by Crippen LogP contribution is 2.38. The molecule has 0 fully saturated rings. The number of nitrogens with zero attached hydrogens (tertiary/aromatic N) is 3. The maximum atomic E-state index is 13.6. The van der Waals surface area contributed by atoms with Gasteiger partial charge in [0.1, 0.15) is 11.6 Å². The highest BCUT2D eigenvalue weighted by atomic mass is 35.5. The quantitative estimate of drug-likeness (QED) is 0.377. The van der Waals surface area contributed by atoms with E-state index in [1.807, 2.05) is 48.5 Å². The van der Waals surface area contributed by atoms with Gasteiger partial charge in [-0.05, 0) is 59.5 Å². The van der Waals surface area contributed by atoms with Crippen molar-refractivity contribution in [1.29, 1.82) is 0 Å². The minimum atomic E-state index is -0.303. The third-order valence-electron chi connectivity index (χ3n) is 5.99. The third-order valence-corrected chi connectivity index (χ3v) is 6.24. The van der Waals surface area contributed by atoms with Crippen LogP contribution in [-0.2, 0) is 11.2 Å². The molecular weight excluding hydrogens is 469 g/mol. The number of ether oxygens (including phenoxy) is 1. The predicted octanol–water partition coefficient (Wildman–Crippen LogP) is 5.41. The molecule has 0 unspecified atom stereocenters. The molecule has 0 radical (unpaired) electrons. The topological polar surface area (TPSA) is 81.1 Å². The summed E-state index contributed by atoms with van der Waals surface area (Å²) in [4.78, 5) is 17.2. The van der Waals surface area contributed by atoms with Crippen LogP contribution in [0.15, 0.2) is 72.8 Å². The fourth-order valence-electron chi connectivity index (χ4n) is 4.20. The molecular formula is C26H23ClFN5O2. The Balaban J connectivity index is 1.40. The molecule has 1 aromatic heterocycles. The second-order valence-electron chi connectivity index (χ2n) is 8.33. The molecule has 3 aromatic carbocycles. The van der Waals surface area contributed by atoms with Crippen LogP contribution >= 0.6 is 11.6 Å². The Kier molecular flexibility index (Phi) is 6.37. The molecule has 2 N–H and O–H groups in total. The molecule has 1 aliphatic heterocycles. The first-order chi connectivity index (χ1) is 17.0. The van der Waals surface area contributed by atoms with Crippen molar-refractivity contribution in [3.05, 3.63) is 100 Å². The van der Waals surface area contributed by atoms with E-state index in [1.54, 1.807) is 23.9 Å². The Bertz CT molecular complexity index is 1320. The van der Waals surface area contributed by atoms with Gasteiger partial charge in [-0.1, -0.05) is 48.0 Å². The summed E-state index contributed by atoms with van der Waals surface area (Å²) in [5.74, 6) is 0.916. The Morgan fingerprint density at radius 2 is 1.77 bits per heavy atom. The van der Waals surface area contributed by atoms with Gasteiger partial charge >= 0.3 is 0 Å².